The average Bonchev–Trinajstić information content (AvgIpc) is 1.56. The highest BCUT2D eigenvalue weighted by molar-refractivity contribution is 7.86. The van der Waals surface area contributed by atoms with Gasteiger partial charge in [0, 0.05) is 107 Å². The number of rotatable bonds is 21. The number of imide groups is 2. The van der Waals surface area contributed by atoms with Gasteiger partial charge in [0.25, 0.3) is 69.8 Å². The summed E-state index contributed by atoms with van der Waals surface area (Å²) < 4.78 is 205. The molecule has 5 aliphatic heterocycles. The number of nitrogens with zero attached hydrogens (tertiary/aromatic N) is 4. The van der Waals surface area contributed by atoms with Crippen LogP contribution in [0.4, 0.5) is 28.9 Å². The smallest absolute Gasteiger partial charge is 0.333 e. The van der Waals surface area contributed by atoms with Crippen molar-refractivity contribution in [3.05, 3.63) is 88.7 Å². The van der Waals surface area contributed by atoms with E-state index in [1.807, 2.05) is 22.5 Å². The number of halogens is 4. The molecule has 0 bridgehead atoms. The van der Waals surface area contributed by atoms with Gasteiger partial charge in [0.05, 0.1) is 27.5 Å². The van der Waals surface area contributed by atoms with Crippen LogP contribution >= 0.6 is 0 Å². The van der Waals surface area contributed by atoms with E-state index in [9.17, 15) is 105 Å². The maximum absolute atomic E-state index is 16.8. The number of hydrogen-bond donors (Lipinski definition) is 8. The zero-order valence-corrected chi connectivity index (χ0v) is 64.2. The first-order valence-electron chi connectivity index (χ1n) is 36.2. The van der Waals surface area contributed by atoms with Crippen LogP contribution < -0.4 is 26.2 Å². The zero-order chi connectivity index (χ0) is 82.0. The van der Waals surface area contributed by atoms with E-state index in [1.165, 1.54) is 47.9 Å². The van der Waals surface area contributed by atoms with E-state index in [1.54, 1.807) is 12.2 Å². The quantitative estimate of drug-likeness (QED) is 0.0146. The van der Waals surface area contributed by atoms with Gasteiger partial charge in [-0.15, -0.1) is 10.1 Å². The van der Waals surface area contributed by atoms with Gasteiger partial charge in [0.1, 0.15) is 30.1 Å². The molecule has 2 saturated heterocycles. The number of hydroxylamine groups is 4. The molecule has 612 valence electrons. The van der Waals surface area contributed by atoms with Crippen molar-refractivity contribution in [2.45, 2.75) is 209 Å². The van der Waals surface area contributed by atoms with Crippen LogP contribution in [0.1, 0.15) is 192 Å². The number of unbranched alkanes of at least 4 members (excludes halogenated alkanes) is 4. The number of allylic oxidation sites excluding steroid dienone is 6. The summed E-state index contributed by atoms with van der Waals surface area (Å²) in [6.07, 6.45) is 7.98. The molecular formula is C70H91F4N8O25S4+. The van der Waals surface area contributed by atoms with E-state index in [4.69, 9.17) is 9.68 Å². The number of ketones is 1. The Morgan fingerprint density at radius 3 is 1.64 bits per heavy atom. The highest BCUT2D eigenvalue weighted by Gasteiger charge is 2.53. The number of amides is 8. The summed E-state index contributed by atoms with van der Waals surface area (Å²) >= 11 is 0. The molecule has 8 amide bonds. The van der Waals surface area contributed by atoms with Crippen LogP contribution in [0.3, 0.4) is 0 Å². The Hall–Kier alpha value is -8.74. The molecule has 2 fully saturated rings. The summed E-state index contributed by atoms with van der Waals surface area (Å²) in [5.41, 5.74) is -2.60. The molecule has 8 N–H and O–H groups in total. The minimum atomic E-state index is -5.28. The Bertz CT molecular complexity index is 4530. The summed E-state index contributed by atoms with van der Waals surface area (Å²) in [7, 11) is -20.4. The lowest BCUT2D eigenvalue weighted by atomic mass is 9.74. The number of hydrogen-bond acceptors (Lipinski definition) is 22. The van der Waals surface area contributed by atoms with Crippen LogP contribution in [-0.2, 0) is 114 Å². The summed E-state index contributed by atoms with van der Waals surface area (Å²) in [6, 6.07) is -0.675. The van der Waals surface area contributed by atoms with Crippen molar-refractivity contribution in [1.82, 2.24) is 31.4 Å². The first-order chi connectivity index (χ1) is 52.0. The maximum atomic E-state index is 16.8. The standard InChI is InChI=1S/C70H90F4N8O25S4/c1-69-33-15-4-11-23-53(84)75-35-17-8-18-36-76-67(92)44(41-108(94,95)96)39-50(83)47(42-109(97,98)99)78-68(93)48(43-110(100,101)102)77-54(85)24-12-5-16-34-70(2)52(80(66-61(70)62(71)63(72)64(73)65(66)74)38-20-7-14-26-60(91)107-82-57(88)31-32-58(82)89)22-10-3-9-21-51(69)79(49-28-27-45(40-46(49)69)111(103,104)105)37-19-6-13-25-59(90)106-81-55(86)29-30-56(81)87/h3,9-10,21-22,27-28,40,44,47-48H,4-8,11-20,23-26,29-39,41-43H2,1-2H3,(H7-,75,76,77,78,84,85,92,93,94,95,96,97,98,99,100,101,102,103,104,105)/p+1. The van der Waals surface area contributed by atoms with Gasteiger partial charge in [-0.1, -0.05) is 50.3 Å². The van der Waals surface area contributed by atoms with Crippen LogP contribution in [0.5, 0.6) is 0 Å². The molecule has 0 aliphatic carbocycles. The van der Waals surface area contributed by atoms with Gasteiger partial charge in [-0.3, -0.25) is 61.4 Å². The molecule has 0 spiro atoms. The molecule has 0 saturated carbocycles. The fourth-order valence-corrected chi connectivity index (χ4v) is 16.6. The molecule has 41 heteroatoms. The second kappa shape index (κ2) is 39.1. The maximum Gasteiger partial charge on any atom is 0.333 e. The Labute approximate surface area is 638 Å². The fourth-order valence-electron chi connectivity index (χ4n) is 14.0. The van der Waals surface area contributed by atoms with E-state index in [2.05, 4.69) is 10.6 Å². The number of carbonyl (C=O) groups excluding carboxylic acids is 11. The monoisotopic (exact) mass is 1650 g/mol. The Morgan fingerprint density at radius 2 is 1.07 bits per heavy atom. The minimum absolute atomic E-state index is 0.0337. The van der Waals surface area contributed by atoms with Gasteiger partial charge in [-0.25, -0.2) is 22.8 Å². The average molecular weight is 1650 g/mol. The largest absolute Gasteiger partial charge is 0.356 e. The van der Waals surface area contributed by atoms with Gasteiger partial charge in [-0.2, -0.15) is 42.6 Å². The predicted octanol–water partition coefficient (Wildman–Crippen LogP) is 5.48. The lowest BCUT2D eigenvalue weighted by Crippen LogP contribution is -2.56. The SMILES string of the molecule is CC12CCCCCC(=O)NCCCCCNC(=O)C(CS(=O)(=O)O)CC(=O)C(CS(=O)(=O)O)NC(=O)C(CS(=O)(=O)O)NC(=O)CCCCCC3(C)C(=[N+](CCCCCC(=O)ON4C(=O)CCC4=O)c4c(F)c(F)c(F)c(F)c43)C=CC=CC=C1N(CCCCCC(=O)ON1C(=O)CCC1=O)c1ccc(S(=O)(=O)O)cc12. The van der Waals surface area contributed by atoms with Crippen molar-refractivity contribution in [2.24, 2.45) is 5.92 Å². The third-order valence-corrected chi connectivity index (χ3v) is 22.7. The number of benzene rings is 2. The lowest BCUT2D eigenvalue weighted by Gasteiger charge is -2.30. The van der Waals surface area contributed by atoms with Crippen molar-refractivity contribution < 1.29 is 136 Å². The summed E-state index contributed by atoms with van der Waals surface area (Å²) in [5.74, 6) is -24.9. The normalized spacial score (nSPS) is 22.8. The molecule has 5 heterocycles. The molecular weight excluding hydrogens is 1560 g/mol. The Morgan fingerprint density at radius 1 is 0.550 bits per heavy atom. The summed E-state index contributed by atoms with van der Waals surface area (Å²) in [4.78, 5) is 153. The van der Waals surface area contributed by atoms with E-state index in [0.29, 0.717) is 78.4 Å². The van der Waals surface area contributed by atoms with Crippen molar-refractivity contribution in [1.29, 1.82) is 0 Å². The molecule has 2 aromatic carbocycles. The number of nitrogens with one attached hydrogen (secondary N) is 4. The van der Waals surface area contributed by atoms with Gasteiger partial charge < -0.3 is 35.8 Å². The van der Waals surface area contributed by atoms with Crippen LogP contribution in [0.2, 0.25) is 0 Å². The Kier molecular flexibility index (Phi) is 31.5. The van der Waals surface area contributed by atoms with Gasteiger partial charge in [0.15, 0.2) is 23.1 Å². The zero-order valence-electron chi connectivity index (χ0n) is 61.0. The lowest BCUT2D eigenvalue weighted by molar-refractivity contribution is -0.441. The number of anilines is 1. The molecule has 2 aromatic rings. The van der Waals surface area contributed by atoms with Crippen molar-refractivity contribution >= 4 is 123 Å². The highest BCUT2D eigenvalue weighted by Crippen LogP contribution is 2.52. The molecule has 5 atom stereocenters. The molecule has 33 nitrogen and oxygen atoms in total. The van der Waals surface area contributed by atoms with E-state index >= 15 is 17.6 Å². The topological polar surface area (TPSA) is 485 Å². The fraction of sp³-hybridized carbons (Fsp3) is 0.571. The van der Waals surface area contributed by atoms with E-state index < -0.39 is 198 Å². The van der Waals surface area contributed by atoms with Crippen molar-refractivity contribution in [2.75, 3.05) is 48.3 Å². The third kappa shape index (κ3) is 25.1. The van der Waals surface area contributed by atoms with Crippen LogP contribution in [0.15, 0.2) is 59.2 Å². The molecule has 7 rings (SSSR count). The first-order valence-corrected chi connectivity index (χ1v) is 42.4. The van der Waals surface area contributed by atoms with Gasteiger partial charge in [-0.05, 0) is 114 Å². The Balaban J connectivity index is 1.25. The van der Waals surface area contributed by atoms with E-state index in [0.717, 1.165) is 0 Å². The second-order valence-electron chi connectivity index (χ2n) is 28.1. The number of fused-ring (bicyclic) bond motifs is 6. The van der Waals surface area contributed by atoms with Crippen molar-refractivity contribution in [3.8, 4) is 0 Å². The highest BCUT2D eigenvalue weighted by atomic mass is 32.2. The summed E-state index contributed by atoms with van der Waals surface area (Å²) in [6.45, 7) is 3.21. The van der Waals surface area contributed by atoms with Gasteiger partial charge >= 0.3 is 11.9 Å². The van der Waals surface area contributed by atoms with Gasteiger partial charge in [0.2, 0.25) is 35.3 Å². The number of Topliss-reactive ketones (excluding diaryl/α,β-unsaturated/α-hetero) is 1. The molecule has 5 unspecified atom stereocenters. The van der Waals surface area contributed by atoms with E-state index in [-0.39, 0.29) is 141 Å². The summed E-state index contributed by atoms with van der Waals surface area (Å²) in [5, 5.41) is 9.87. The molecule has 0 radical (unpaired) electrons. The molecule has 0 aromatic heterocycles. The molecule has 5 aliphatic rings. The first kappa shape index (κ1) is 89.5. The van der Waals surface area contributed by atoms with Crippen LogP contribution in [-0.4, -0.2) is 193 Å². The van der Waals surface area contributed by atoms with Crippen LogP contribution in [0, 0.1) is 29.2 Å². The molecule has 111 heavy (non-hydrogen) atoms. The number of carbonyl (C=O) groups is 11. The predicted molar refractivity (Wildman–Crippen MR) is 384 cm³/mol. The third-order valence-electron chi connectivity index (χ3n) is 19.6. The van der Waals surface area contributed by atoms with Crippen LogP contribution in [0.25, 0.3) is 0 Å². The van der Waals surface area contributed by atoms with Crippen molar-refractivity contribution in [3.63, 3.8) is 0 Å². The second-order valence-corrected chi connectivity index (χ2v) is 34.0. The minimum Gasteiger partial charge on any atom is -0.356 e.